The van der Waals surface area contributed by atoms with Crippen LogP contribution in [0.2, 0.25) is 0 Å². The number of benzene rings is 1. The van der Waals surface area contributed by atoms with E-state index in [4.69, 9.17) is 0 Å². The summed E-state index contributed by atoms with van der Waals surface area (Å²) in [4.78, 5) is 0. The first kappa shape index (κ1) is 8.56. The maximum absolute atomic E-state index is 4.36. The van der Waals surface area contributed by atoms with Crippen LogP contribution in [0.1, 0.15) is 0 Å². The zero-order valence-electron chi connectivity index (χ0n) is 7.50. The molecule has 0 bridgehead atoms. The lowest BCUT2D eigenvalue weighted by Gasteiger charge is -2.00. The Bertz CT molecular complexity index is 447. The van der Waals surface area contributed by atoms with E-state index in [1.54, 1.807) is 0 Å². The van der Waals surface area contributed by atoms with E-state index < -0.39 is 0 Å². The van der Waals surface area contributed by atoms with Crippen molar-refractivity contribution in [1.29, 1.82) is 0 Å². The number of aromatic nitrogens is 2. The van der Waals surface area contributed by atoms with Crippen LogP contribution in [0.4, 0.5) is 5.69 Å². The van der Waals surface area contributed by atoms with Crippen LogP contribution in [0.5, 0.6) is 0 Å². The summed E-state index contributed by atoms with van der Waals surface area (Å²) in [6, 6.07) is 4.08. The smallest absolute Gasteiger partial charge is 0.115 e. The van der Waals surface area contributed by atoms with Gasteiger partial charge in [0.05, 0.1) is 5.69 Å². The van der Waals surface area contributed by atoms with Gasteiger partial charge < -0.3 is 5.32 Å². The average Bonchev–Trinajstić information content (AvgIpc) is 2.43. The summed E-state index contributed by atoms with van der Waals surface area (Å²) in [5.41, 5.74) is 2.05. The van der Waals surface area contributed by atoms with Gasteiger partial charge in [0.15, 0.2) is 0 Å². The van der Waals surface area contributed by atoms with Gasteiger partial charge in [0.25, 0.3) is 0 Å². The molecule has 0 spiro atoms. The van der Waals surface area contributed by atoms with Crippen LogP contribution in [-0.2, 0) is 7.05 Å². The Labute approximate surface area is 84.9 Å². The van der Waals surface area contributed by atoms with Crippen molar-refractivity contribution in [3.8, 4) is 0 Å². The lowest BCUT2D eigenvalue weighted by atomic mass is 10.2. The van der Waals surface area contributed by atoms with Gasteiger partial charge in [-0.25, -0.2) is 0 Å². The summed E-state index contributed by atoms with van der Waals surface area (Å²) in [6.07, 6.45) is 2.00. The largest absolute Gasteiger partial charge is 0.386 e. The van der Waals surface area contributed by atoms with E-state index in [9.17, 15) is 0 Å². The molecule has 1 aromatic heterocycles. The summed E-state index contributed by atoms with van der Waals surface area (Å²) < 4.78 is 2.88. The van der Waals surface area contributed by atoms with E-state index in [0.717, 1.165) is 21.1 Å². The Morgan fingerprint density at radius 3 is 2.92 bits per heavy atom. The predicted octanol–water partition coefficient (Wildman–Crippen LogP) is 2.38. The maximum Gasteiger partial charge on any atom is 0.115 e. The highest BCUT2D eigenvalue weighted by molar-refractivity contribution is 9.10. The normalized spacial score (nSPS) is 10.7. The van der Waals surface area contributed by atoms with Crippen molar-refractivity contribution in [2.45, 2.75) is 0 Å². The van der Waals surface area contributed by atoms with E-state index >= 15 is 0 Å². The van der Waals surface area contributed by atoms with Gasteiger partial charge in [0, 0.05) is 30.2 Å². The van der Waals surface area contributed by atoms with Gasteiger partial charge in [0.1, 0.15) is 5.52 Å². The molecule has 1 aromatic carbocycles. The van der Waals surface area contributed by atoms with Crippen LogP contribution in [0.25, 0.3) is 10.9 Å². The van der Waals surface area contributed by atoms with E-state index in [1.807, 2.05) is 31.0 Å². The number of halogens is 1. The quantitative estimate of drug-likeness (QED) is 0.829. The van der Waals surface area contributed by atoms with Gasteiger partial charge in [-0.1, -0.05) is 15.9 Å². The SMILES string of the molecule is CNc1cc(Br)cc2cn(C)nc12. The fourth-order valence-electron chi connectivity index (χ4n) is 1.41. The fourth-order valence-corrected chi connectivity index (χ4v) is 1.88. The number of nitrogens with one attached hydrogen (secondary N) is 1. The number of aryl methyl sites for hydroxylation is 1. The van der Waals surface area contributed by atoms with Crippen molar-refractivity contribution in [2.75, 3.05) is 12.4 Å². The van der Waals surface area contributed by atoms with Crippen molar-refractivity contribution >= 4 is 32.5 Å². The highest BCUT2D eigenvalue weighted by atomic mass is 79.9. The second kappa shape index (κ2) is 3.03. The summed E-state index contributed by atoms with van der Waals surface area (Å²) in [5, 5.41) is 8.62. The van der Waals surface area contributed by atoms with Gasteiger partial charge in [-0.3, -0.25) is 4.68 Å². The Kier molecular flexibility index (Phi) is 2.00. The lowest BCUT2D eigenvalue weighted by molar-refractivity contribution is 0.780. The Balaban J connectivity index is 2.80. The van der Waals surface area contributed by atoms with Crippen LogP contribution < -0.4 is 5.32 Å². The lowest BCUT2D eigenvalue weighted by Crippen LogP contribution is -1.90. The highest BCUT2D eigenvalue weighted by Gasteiger charge is 2.04. The summed E-state index contributed by atoms with van der Waals surface area (Å²) in [6.45, 7) is 0. The van der Waals surface area contributed by atoms with Gasteiger partial charge in [-0.05, 0) is 12.1 Å². The first-order valence-corrected chi connectivity index (χ1v) is 4.80. The Morgan fingerprint density at radius 2 is 2.23 bits per heavy atom. The molecular weight excluding hydrogens is 230 g/mol. The first-order valence-electron chi connectivity index (χ1n) is 4.01. The number of nitrogens with zero attached hydrogens (tertiary/aromatic N) is 2. The monoisotopic (exact) mass is 239 g/mol. The molecule has 0 atom stereocenters. The first-order chi connectivity index (χ1) is 6.20. The average molecular weight is 240 g/mol. The molecule has 0 saturated heterocycles. The topological polar surface area (TPSA) is 29.9 Å². The van der Waals surface area contributed by atoms with Crippen molar-refractivity contribution in [3.05, 3.63) is 22.8 Å². The minimum Gasteiger partial charge on any atom is -0.386 e. The third kappa shape index (κ3) is 1.42. The molecule has 4 heteroatoms. The second-order valence-electron chi connectivity index (χ2n) is 2.94. The summed E-state index contributed by atoms with van der Waals surface area (Å²) in [5.74, 6) is 0. The van der Waals surface area contributed by atoms with E-state index in [1.165, 1.54) is 0 Å². The number of hydrogen-bond donors (Lipinski definition) is 1. The van der Waals surface area contributed by atoms with Gasteiger partial charge >= 0.3 is 0 Å². The van der Waals surface area contributed by atoms with Crippen LogP contribution in [0.3, 0.4) is 0 Å². The van der Waals surface area contributed by atoms with Gasteiger partial charge in [-0.2, -0.15) is 5.10 Å². The number of anilines is 1. The molecule has 3 nitrogen and oxygen atoms in total. The van der Waals surface area contributed by atoms with Crippen molar-refractivity contribution in [2.24, 2.45) is 7.05 Å². The molecule has 0 radical (unpaired) electrons. The van der Waals surface area contributed by atoms with Crippen LogP contribution in [-0.4, -0.2) is 16.8 Å². The van der Waals surface area contributed by atoms with Gasteiger partial charge in [-0.15, -0.1) is 0 Å². The predicted molar refractivity (Wildman–Crippen MR) is 58.0 cm³/mol. The highest BCUT2D eigenvalue weighted by Crippen LogP contribution is 2.26. The molecule has 0 aliphatic rings. The molecule has 0 unspecified atom stereocenters. The molecule has 0 saturated carbocycles. The molecule has 0 amide bonds. The number of fused-ring (bicyclic) bond motifs is 1. The van der Waals surface area contributed by atoms with E-state index in [2.05, 4.69) is 32.4 Å². The Hall–Kier alpha value is -1.03. The molecular formula is C9H10BrN3. The molecule has 68 valence electrons. The minimum absolute atomic E-state index is 1.01. The molecule has 2 rings (SSSR count). The standard InChI is InChI=1S/C9H10BrN3/c1-11-8-4-7(10)3-6-5-13(2)12-9(6)8/h3-5,11H,1-2H3. The molecule has 0 aliphatic heterocycles. The second-order valence-corrected chi connectivity index (χ2v) is 3.86. The number of hydrogen-bond acceptors (Lipinski definition) is 2. The Morgan fingerprint density at radius 1 is 1.46 bits per heavy atom. The third-order valence-corrected chi connectivity index (χ3v) is 2.42. The van der Waals surface area contributed by atoms with Crippen molar-refractivity contribution in [1.82, 2.24) is 9.78 Å². The van der Waals surface area contributed by atoms with Crippen LogP contribution >= 0.6 is 15.9 Å². The van der Waals surface area contributed by atoms with Crippen LogP contribution in [0.15, 0.2) is 22.8 Å². The van der Waals surface area contributed by atoms with Crippen molar-refractivity contribution < 1.29 is 0 Å². The molecule has 0 fully saturated rings. The maximum atomic E-state index is 4.36. The number of rotatable bonds is 1. The molecule has 2 aromatic rings. The zero-order chi connectivity index (χ0) is 9.42. The summed E-state index contributed by atoms with van der Waals surface area (Å²) in [7, 11) is 3.82. The summed E-state index contributed by atoms with van der Waals surface area (Å²) >= 11 is 3.46. The van der Waals surface area contributed by atoms with Gasteiger partial charge in [0.2, 0.25) is 0 Å². The molecule has 0 aliphatic carbocycles. The van der Waals surface area contributed by atoms with Crippen LogP contribution in [0, 0.1) is 0 Å². The van der Waals surface area contributed by atoms with E-state index in [-0.39, 0.29) is 0 Å². The van der Waals surface area contributed by atoms with E-state index in [0.29, 0.717) is 0 Å². The van der Waals surface area contributed by atoms with Crippen molar-refractivity contribution in [3.63, 3.8) is 0 Å². The molecule has 13 heavy (non-hydrogen) atoms. The zero-order valence-corrected chi connectivity index (χ0v) is 9.09. The molecule has 1 heterocycles. The molecule has 1 N–H and O–H groups in total. The fraction of sp³-hybridized carbons (Fsp3) is 0.222. The third-order valence-electron chi connectivity index (χ3n) is 1.96. The minimum atomic E-state index is 1.01.